The van der Waals surface area contributed by atoms with Gasteiger partial charge in [0, 0.05) is 5.92 Å². The van der Waals surface area contributed by atoms with Crippen molar-refractivity contribution in [1.29, 1.82) is 0 Å². The second-order valence-electron chi connectivity index (χ2n) is 5.78. The molecule has 1 aliphatic rings. The number of hydrogen-bond donors (Lipinski definition) is 1. The van der Waals surface area contributed by atoms with Crippen LogP contribution in [0.25, 0.3) is 11.1 Å². The molecule has 0 amide bonds. The minimum absolute atomic E-state index is 0.118. The molecule has 0 radical (unpaired) electrons. The SMILES string of the molecule is O=C1OC[C@@H](CCc2cccc(-c3ccccc3)c2)[C@H]1CO. The van der Waals surface area contributed by atoms with Gasteiger partial charge in [-0.25, -0.2) is 0 Å². The Balaban J connectivity index is 1.68. The van der Waals surface area contributed by atoms with Gasteiger partial charge < -0.3 is 9.84 Å². The van der Waals surface area contributed by atoms with E-state index in [1.54, 1.807) is 0 Å². The molecule has 2 atom stereocenters. The van der Waals surface area contributed by atoms with E-state index in [4.69, 9.17) is 4.74 Å². The Morgan fingerprint density at radius 2 is 1.82 bits per heavy atom. The van der Waals surface area contributed by atoms with Crippen LogP contribution in [0.3, 0.4) is 0 Å². The first kappa shape index (κ1) is 14.8. The number of cyclic esters (lactones) is 1. The highest BCUT2D eigenvalue weighted by Gasteiger charge is 2.35. The number of benzene rings is 2. The number of esters is 1. The molecule has 2 aromatic carbocycles. The molecule has 22 heavy (non-hydrogen) atoms. The first-order chi connectivity index (χ1) is 10.8. The van der Waals surface area contributed by atoms with Gasteiger partial charge in [-0.3, -0.25) is 4.79 Å². The molecule has 1 heterocycles. The summed E-state index contributed by atoms with van der Waals surface area (Å²) in [4.78, 5) is 11.5. The second-order valence-corrected chi connectivity index (χ2v) is 5.78. The lowest BCUT2D eigenvalue weighted by molar-refractivity contribution is -0.142. The molecular formula is C19H20O3. The zero-order valence-corrected chi connectivity index (χ0v) is 12.4. The number of aliphatic hydroxyl groups is 1. The number of carbonyl (C=O) groups is 1. The van der Waals surface area contributed by atoms with Gasteiger partial charge in [-0.05, 0) is 29.5 Å². The summed E-state index contributed by atoms with van der Waals surface area (Å²) in [6.45, 7) is 0.315. The summed E-state index contributed by atoms with van der Waals surface area (Å²) < 4.78 is 5.05. The minimum atomic E-state index is -0.350. The summed E-state index contributed by atoms with van der Waals surface area (Å²) in [5.74, 6) is -0.485. The number of rotatable bonds is 5. The van der Waals surface area contributed by atoms with Crippen LogP contribution < -0.4 is 0 Å². The van der Waals surface area contributed by atoms with Crippen molar-refractivity contribution in [3.63, 3.8) is 0 Å². The maximum absolute atomic E-state index is 11.5. The number of hydrogen-bond acceptors (Lipinski definition) is 3. The molecular weight excluding hydrogens is 276 g/mol. The van der Waals surface area contributed by atoms with Gasteiger partial charge in [-0.1, -0.05) is 54.6 Å². The molecule has 0 aliphatic carbocycles. The van der Waals surface area contributed by atoms with Crippen LogP contribution in [-0.4, -0.2) is 24.3 Å². The van der Waals surface area contributed by atoms with Gasteiger partial charge in [0.2, 0.25) is 0 Å². The summed E-state index contributed by atoms with van der Waals surface area (Å²) in [5.41, 5.74) is 3.66. The van der Waals surface area contributed by atoms with E-state index in [0.29, 0.717) is 6.61 Å². The molecule has 0 aromatic heterocycles. The van der Waals surface area contributed by atoms with Crippen molar-refractivity contribution >= 4 is 5.97 Å². The highest BCUT2D eigenvalue weighted by Crippen LogP contribution is 2.27. The monoisotopic (exact) mass is 296 g/mol. The van der Waals surface area contributed by atoms with E-state index in [1.807, 2.05) is 18.2 Å². The van der Waals surface area contributed by atoms with E-state index in [2.05, 4.69) is 36.4 Å². The first-order valence-electron chi connectivity index (χ1n) is 7.70. The van der Waals surface area contributed by atoms with E-state index in [-0.39, 0.29) is 24.4 Å². The van der Waals surface area contributed by atoms with Crippen molar-refractivity contribution in [2.45, 2.75) is 12.8 Å². The number of carbonyl (C=O) groups excluding carboxylic acids is 1. The topological polar surface area (TPSA) is 46.5 Å². The number of ether oxygens (including phenoxy) is 1. The third-order valence-electron chi connectivity index (χ3n) is 4.35. The average molecular weight is 296 g/mol. The van der Waals surface area contributed by atoms with Gasteiger partial charge in [-0.15, -0.1) is 0 Å². The Morgan fingerprint density at radius 3 is 2.59 bits per heavy atom. The molecule has 0 saturated carbocycles. The van der Waals surface area contributed by atoms with Gasteiger partial charge >= 0.3 is 5.97 Å². The summed E-state index contributed by atoms with van der Waals surface area (Å²) in [6, 6.07) is 18.8. The van der Waals surface area contributed by atoms with E-state index in [0.717, 1.165) is 12.8 Å². The Kier molecular flexibility index (Phi) is 4.54. The summed E-state index contributed by atoms with van der Waals surface area (Å²) >= 11 is 0. The average Bonchev–Trinajstić information content (AvgIpc) is 2.94. The normalized spacial score (nSPS) is 20.9. The molecule has 1 fully saturated rings. The molecule has 0 spiro atoms. The fraction of sp³-hybridized carbons (Fsp3) is 0.316. The van der Waals surface area contributed by atoms with Crippen molar-refractivity contribution in [2.75, 3.05) is 13.2 Å². The van der Waals surface area contributed by atoms with Gasteiger partial charge in [0.25, 0.3) is 0 Å². The number of aliphatic hydroxyl groups excluding tert-OH is 1. The van der Waals surface area contributed by atoms with Crippen molar-refractivity contribution in [3.05, 3.63) is 60.2 Å². The van der Waals surface area contributed by atoms with Crippen LogP contribution in [0.2, 0.25) is 0 Å². The highest BCUT2D eigenvalue weighted by atomic mass is 16.5. The molecule has 3 heteroatoms. The van der Waals surface area contributed by atoms with Gasteiger partial charge in [0.15, 0.2) is 0 Å². The Bertz CT molecular complexity index is 636. The van der Waals surface area contributed by atoms with Crippen molar-refractivity contribution in [2.24, 2.45) is 11.8 Å². The fourth-order valence-electron chi connectivity index (χ4n) is 3.00. The smallest absolute Gasteiger partial charge is 0.311 e. The standard InChI is InChI=1S/C19H20O3/c20-12-18-17(13-22-19(18)21)10-9-14-5-4-8-16(11-14)15-6-2-1-3-7-15/h1-8,11,17-18,20H,9-10,12-13H2/t17-,18-/m1/s1. The maximum atomic E-state index is 11.5. The third kappa shape index (κ3) is 3.20. The van der Waals surface area contributed by atoms with Crippen molar-refractivity contribution in [1.82, 2.24) is 0 Å². The number of aryl methyl sites for hydroxylation is 1. The van der Waals surface area contributed by atoms with Crippen LogP contribution in [0, 0.1) is 11.8 Å². The Morgan fingerprint density at radius 1 is 1.05 bits per heavy atom. The molecule has 0 bridgehead atoms. The van der Waals surface area contributed by atoms with Gasteiger partial charge in [0.1, 0.15) is 0 Å². The highest BCUT2D eigenvalue weighted by molar-refractivity contribution is 5.74. The molecule has 1 saturated heterocycles. The quantitative estimate of drug-likeness (QED) is 0.863. The molecule has 0 unspecified atom stereocenters. The van der Waals surface area contributed by atoms with Crippen LogP contribution >= 0.6 is 0 Å². The van der Waals surface area contributed by atoms with Crippen LogP contribution in [0.4, 0.5) is 0 Å². The molecule has 2 aromatic rings. The molecule has 1 aliphatic heterocycles. The van der Waals surface area contributed by atoms with E-state index in [1.165, 1.54) is 16.7 Å². The Hall–Kier alpha value is -2.13. The molecule has 114 valence electrons. The lowest BCUT2D eigenvalue weighted by atomic mass is 9.89. The zero-order chi connectivity index (χ0) is 15.4. The predicted octanol–water partition coefficient (Wildman–Crippen LogP) is 3.07. The summed E-state index contributed by atoms with van der Waals surface area (Å²) in [6.07, 6.45) is 1.74. The van der Waals surface area contributed by atoms with Crippen LogP contribution in [0.5, 0.6) is 0 Å². The lowest BCUT2D eigenvalue weighted by Crippen LogP contribution is -2.20. The Labute approximate surface area is 130 Å². The van der Waals surface area contributed by atoms with Crippen LogP contribution in [0.15, 0.2) is 54.6 Å². The molecule has 1 N–H and O–H groups in total. The van der Waals surface area contributed by atoms with Crippen molar-refractivity contribution in [3.8, 4) is 11.1 Å². The molecule has 3 nitrogen and oxygen atoms in total. The summed E-state index contributed by atoms with van der Waals surface area (Å²) in [5, 5.41) is 9.30. The van der Waals surface area contributed by atoms with Crippen LogP contribution in [0.1, 0.15) is 12.0 Å². The fourth-order valence-corrected chi connectivity index (χ4v) is 3.00. The second kappa shape index (κ2) is 6.75. The van der Waals surface area contributed by atoms with E-state index < -0.39 is 0 Å². The minimum Gasteiger partial charge on any atom is -0.465 e. The largest absolute Gasteiger partial charge is 0.465 e. The van der Waals surface area contributed by atoms with E-state index >= 15 is 0 Å². The first-order valence-corrected chi connectivity index (χ1v) is 7.70. The van der Waals surface area contributed by atoms with Crippen molar-refractivity contribution < 1.29 is 14.6 Å². The summed E-state index contributed by atoms with van der Waals surface area (Å²) in [7, 11) is 0. The van der Waals surface area contributed by atoms with Gasteiger partial charge in [0.05, 0.1) is 19.1 Å². The maximum Gasteiger partial charge on any atom is 0.311 e. The lowest BCUT2D eigenvalue weighted by Gasteiger charge is -2.13. The van der Waals surface area contributed by atoms with Crippen LogP contribution in [-0.2, 0) is 16.0 Å². The predicted molar refractivity (Wildman–Crippen MR) is 85.2 cm³/mol. The molecule has 3 rings (SSSR count). The zero-order valence-electron chi connectivity index (χ0n) is 12.4. The van der Waals surface area contributed by atoms with Gasteiger partial charge in [-0.2, -0.15) is 0 Å². The third-order valence-corrected chi connectivity index (χ3v) is 4.35. The van der Waals surface area contributed by atoms with E-state index in [9.17, 15) is 9.90 Å².